The smallest absolute Gasteiger partial charge is 0.337 e. The van der Waals surface area contributed by atoms with Crippen molar-refractivity contribution in [2.24, 2.45) is 0 Å². The number of rotatable bonds is 7. The Kier molecular flexibility index (Phi) is 7.24. The van der Waals surface area contributed by atoms with Gasteiger partial charge >= 0.3 is 5.97 Å². The molecule has 1 aliphatic rings. The molecule has 0 unspecified atom stereocenters. The third-order valence-corrected chi connectivity index (χ3v) is 5.14. The number of esters is 1. The van der Waals surface area contributed by atoms with Gasteiger partial charge in [0.25, 0.3) is 0 Å². The summed E-state index contributed by atoms with van der Waals surface area (Å²) in [5.41, 5.74) is 1.56. The minimum absolute atomic E-state index is 0.0402. The number of methoxy groups -OCH3 is 2. The summed E-state index contributed by atoms with van der Waals surface area (Å²) >= 11 is 0. The van der Waals surface area contributed by atoms with Crippen molar-refractivity contribution in [1.82, 2.24) is 9.47 Å². The summed E-state index contributed by atoms with van der Waals surface area (Å²) < 4.78 is 11.6. The minimum atomic E-state index is -0.435. The van der Waals surface area contributed by atoms with Gasteiger partial charge in [0, 0.05) is 24.0 Å². The van der Waals surface area contributed by atoms with Crippen molar-refractivity contribution in [3.8, 4) is 5.75 Å². The molecular weight excluding hydrogens is 386 g/mol. The van der Waals surface area contributed by atoms with Crippen molar-refractivity contribution in [3.63, 3.8) is 0 Å². The van der Waals surface area contributed by atoms with Crippen molar-refractivity contribution >= 4 is 17.6 Å². The van der Waals surface area contributed by atoms with Crippen LogP contribution in [0.3, 0.4) is 0 Å². The van der Waals surface area contributed by atoms with Crippen LogP contribution in [0.25, 0.3) is 0 Å². The number of ether oxygens (including phenoxy) is 2. The van der Waals surface area contributed by atoms with Crippen LogP contribution in [0.1, 0.15) is 35.3 Å². The molecule has 0 radical (unpaired) electrons. The number of likely N-dealkylation sites (tertiary alicyclic amines) is 1. The van der Waals surface area contributed by atoms with Gasteiger partial charge in [-0.2, -0.15) is 0 Å². The highest BCUT2D eigenvalue weighted by molar-refractivity contribution is 5.93. The van der Waals surface area contributed by atoms with E-state index >= 15 is 0 Å². The van der Waals surface area contributed by atoms with E-state index in [1.54, 1.807) is 41.1 Å². The number of piperidine rings is 1. The zero-order valence-corrected chi connectivity index (χ0v) is 17.3. The Balaban J connectivity index is 1.74. The normalized spacial score (nSPS) is 14.2. The number of nitrogens with zero attached hydrogens (tertiary/aromatic N) is 2. The number of aromatic nitrogens is 1. The number of amides is 1. The second-order valence-electron chi connectivity index (χ2n) is 7.28. The van der Waals surface area contributed by atoms with Crippen molar-refractivity contribution < 1.29 is 19.1 Å². The fraction of sp³-hybridized carbons (Fsp3) is 0.409. The van der Waals surface area contributed by atoms with Gasteiger partial charge < -0.3 is 19.4 Å². The lowest BCUT2D eigenvalue weighted by atomic mass is 10.1. The van der Waals surface area contributed by atoms with Gasteiger partial charge in [-0.25, -0.2) is 4.79 Å². The Morgan fingerprint density at radius 1 is 1.07 bits per heavy atom. The predicted octanol–water partition coefficient (Wildman–Crippen LogP) is 2.27. The van der Waals surface area contributed by atoms with Crippen LogP contribution in [0.2, 0.25) is 0 Å². The van der Waals surface area contributed by atoms with E-state index < -0.39 is 5.97 Å². The second-order valence-corrected chi connectivity index (χ2v) is 7.28. The van der Waals surface area contributed by atoms with E-state index in [1.807, 2.05) is 0 Å². The number of nitrogens with one attached hydrogen (secondary N) is 1. The van der Waals surface area contributed by atoms with Gasteiger partial charge in [0.2, 0.25) is 11.3 Å². The van der Waals surface area contributed by atoms with Crippen molar-refractivity contribution in [2.75, 3.05) is 32.6 Å². The van der Waals surface area contributed by atoms with E-state index in [2.05, 4.69) is 15.0 Å². The van der Waals surface area contributed by atoms with Crippen LogP contribution in [0, 0.1) is 0 Å². The Hall–Kier alpha value is -3.13. The Bertz CT molecular complexity index is 946. The molecule has 0 bridgehead atoms. The Morgan fingerprint density at radius 3 is 2.40 bits per heavy atom. The molecular formula is C22H27N3O5. The highest BCUT2D eigenvalue weighted by Crippen LogP contribution is 2.15. The molecule has 8 heteroatoms. The summed E-state index contributed by atoms with van der Waals surface area (Å²) in [6.45, 7) is 2.62. The lowest BCUT2D eigenvalue weighted by Crippen LogP contribution is -2.32. The molecule has 1 N–H and O–H groups in total. The molecule has 8 nitrogen and oxygen atoms in total. The number of hydrogen-bond acceptors (Lipinski definition) is 6. The zero-order valence-electron chi connectivity index (χ0n) is 17.3. The third kappa shape index (κ3) is 5.48. The molecule has 2 heterocycles. The van der Waals surface area contributed by atoms with Gasteiger partial charge in [-0.15, -0.1) is 0 Å². The van der Waals surface area contributed by atoms with E-state index in [0.29, 0.717) is 17.8 Å². The van der Waals surface area contributed by atoms with Gasteiger partial charge in [0.15, 0.2) is 5.75 Å². The maximum Gasteiger partial charge on any atom is 0.337 e. The average molecular weight is 413 g/mol. The molecule has 160 valence electrons. The second kappa shape index (κ2) is 10.1. The summed E-state index contributed by atoms with van der Waals surface area (Å²) in [5.74, 6) is -0.477. The average Bonchev–Trinajstić information content (AvgIpc) is 2.76. The third-order valence-electron chi connectivity index (χ3n) is 5.14. The molecule has 2 aromatic rings. The van der Waals surface area contributed by atoms with E-state index in [0.717, 1.165) is 31.6 Å². The van der Waals surface area contributed by atoms with E-state index in [-0.39, 0.29) is 23.6 Å². The van der Waals surface area contributed by atoms with Crippen LogP contribution in [0.5, 0.6) is 5.75 Å². The largest absolute Gasteiger partial charge is 0.491 e. The number of carbonyl (C=O) groups excluding carboxylic acids is 2. The van der Waals surface area contributed by atoms with Gasteiger partial charge in [-0.05, 0) is 50.2 Å². The van der Waals surface area contributed by atoms with Crippen molar-refractivity contribution in [2.45, 2.75) is 32.4 Å². The summed E-state index contributed by atoms with van der Waals surface area (Å²) in [6.07, 6.45) is 5.09. The molecule has 1 aromatic heterocycles. The molecule has 1 saturated heterocycles. The highest BCUT2D eigenvalue weighted by atomic mass is 16.5. The minimum Gasteiger partial charge on any atom is -0.491 e. The fourth-order valence-corrected chi connectivity index (χ4v) is 3.54. The van der Waals surface area contributed by atoms with Crippen molar-refractivity contribution in [3.05, 3.63) is 58.0 Å². The number of pyridine rings is 1. The van der Waals surface area contributed by atoms with E-state index in [1.165, 1.54) is 20.6 Å². The highest BCUT2D eigenvalue weighted by Gasteiger charge is 2.16. The van der Waals surface area contributed by atoms with Crippen molar-refractivity contribution in [1.29, 1.82) is 0 Å². The lowest BCUT2D eigenvalue weighted by Gasteiger charge is -2.27. The van der Waals surface area contributed by atoms with Crippen LogP contribution >= 0.6 is 0 Å². The van der Waals surface area contributed by atoms with Gasteiger partial charge in [0.1, 0.15) is 6.54 Å². The van der Waals surface area contributed by atoms with Crippen LogP contribution in [0.4, 0.5) is 5.69 Å². The molecule has 3 rings (SSSR count). The Labute approximate surface area is 175 Å². The van der Waals surface area contributed by atoms with E-state index in [9.17, 15) is 14.4 Å². The molecule has 1 aromatic carbocycles. The SMILES string of the molecule is COC(=O)c1ccc(NC(=O)Cn2cc(OC)c(=O)cc2CN2CCCCC2)cc1. The maximum atomic E-state index is 12.6. The predicted molar refractivity (Wildman–Crippen MR) is 113 cm³/mol. The summed E-state index contributed by atoms with van der Waals surface area (Å²) in [4.78, 5) is 38.7. The molecule has 0 atom stereocenters. The molecule has 1 aliphatic heterocycles. The van der Waals surface area contributed by atoms with Crippen LogP contribution in [-0.2, 0) is 22.6 Å². The molecule has 1 fully saturated rings. The maximum absolute atomic E-state index is 12.6. The van der Waals surface area contributed by atoms with Crippen LogP contribution in [-0.4, -0.2) is 48.7 Å². The first-order chi connectivity index (χ1) is 14.5. The summed E-state index contributed by atoms with van der Waals surface area (Å²) in [7, 11) is 2.76. The molecule has 0 saturated carbocycles. The monoisotopic (exact) mass is 413 g/mol. The van der Waals surface area contributed by atoms with Crippen LogP contribution < -0.4 is 15.5 Å². The lowest BCUT2D eigenvalue weighted by molar-refractivity contribution is -0.116. The number of anilines is 1. The van der Waals surface area contributed by atoms with Gasteiger partial charge in [-0.1, -0.05) is 6.42 Å². The number of carbonyl (C=O) groups is 2. The zero-order chi connectivity index (χ0) is 21.5. The summed E-state index contributed by atoms with van der Waals surface area (Å²) in [6, 6.07) is 8.01. The first-order valence-electron chi connectivity index (χ1n) is 9.98. The first-order valence-corrected chi connectivity index (χ1v) is 9.98. The molecule has 30 heavy (non-hydrogen) atoms. The topological polar surface area (TPSA) is 89.9 Å². The fourth-order valence-electron chi connectivity index (χ4n) is 3.54. The van der Waals surface area contributed by atoms with Gasteiger partial charge in [0.05, 0.1) is 26.0 Å². The summed E-state index contributed by atoms with van der Waals surface area (Å²) in [5, 5.41) is 2.81. The van der Waals surface area contributed by atoms with Gasteiger partial charge in [-0.3, -0.25) is 14.5 Å². The molecule has 1 amide bonds. The number of benzene rings is 1. The van der Waals surface area contributed by atoms with Crippen LogP contribution in [0.15, 0.2) is 41.3 Å². The standard InChI is InChI=1S/C22H27N3O5/c1-29-20-14-25(18(12-19(20)26)13-24-10-4-3-5-11-24)15-21(27)23-17-8-6-16(7-9-17)22(28)30-2/h6-9,12,14H,3-5,10-11,13,15H2,1-2H3,(H,23,27). The molecule has 0 aliphatic carbocycles. The quantitative estimate of drug-likeness (QED) is 0.701. The number of hydrogen-bond donors (Lipinski definition) is 1. The van der Waals surface area contributed by atoms with E-state index in [4.69, 9.17) is 4.74 Å². The first kappa shape index (κ1) is 21.6. The molecule has 0 spiro atoms. The Morgan fingerprint density at radius 2 is 1.77 bits per heavy atom.